The van der Waals surface area contributed by atoms with Gasteiger partial charge in [-0.3, -0.25) is 4.79 Å². The molecule has 154 valence electrons. The van der Waals surface area contributed by atoms with Gasteiger partial charge in [0.05, 0.1) is 17.7 Å². The number of aliphatic hydroxyl groups excluding tert-OH is 1. The topological polar surface area (TPSA) is 77.8 Å². The first-order valence-corrected chi connectivity index (χ1v) is 9.62. The van der Waals surface area contributed by atoms with E-state index in [-0.39, 0.29) is 12.1 Å². The van der Waals surface area contributed by atoms with Crippen molar-refractivity contribution in [3.63, 3.8) is 0 Å². The fourth-order valence-corrected chi connectivity index (χ4v) is 3.28. The van der Waals surface area contributed by atoms with E-state index in [4.69, 9.17) is 5.11 Å². The van der Waals surface area contributed by atoms with Crippen LogP contribution in [0.4, 0.5) is 8.78 Å². The maximum absolute atomic E-state index is 13.9. The Bertz CT molecular complexity index is 703. The molecule has 1 aromatic rings. The number of benzene rings is 1. The van der Waals surface area contributed by atoms with Crippen molar-refractivity contribution in [2.45, 2.75) is 63.5 Å². The Balaban J connectivity index is 2.00. The summed E-state index contributed by atoms with van der Waals surface area (Å²) in [5.41, 5.74) is 0.903. The molecule has 28 heavy (non-hydrogen) atoms. The quantitative estimate of drug-likeness (QED) is 0.468. The highest BCUT2D eigenvalue weighted by atomic mass is 19.3. The van der Waals surface area contributed by atoms with Crippen LogP contribution in [0.3, 0.4) is 0 Å². The smallest absolute Gasteiger partial charge is 0.335 e. The minimum Gasteiger partial charge on any atom is -0.478 e. The highest BCUT2D eigenvalue weighted by Gasteiger charge is 2.52. The minimum atomic E-state index is -3.41. The highest BCUT2D eigenvalue weighted by molar-refractivity contribution is 5.87. The monoisotopic (exact) mass is 395 g/mol. The van der Waals surface area contributed by atoms with Gasteiger partial charge in [0.15, 0.2) is 0 Å². The molecule has 0 saturated carbocycles. The van der Waals surface area contributed by atoms with Crippen molar-refractivity contribution in [2.24, 2.45) is 0 Å². The summed E-state index contributed by atoms with van der Waals surface area (Å²) in [6.45, 7) is 2.16. The van der Waals surface area contributed by atoms with Crippen molar-refractivity contribution in [3.8, 4) is 0 Å². The molecule has 0 bridgehead atoms. The summed E-state index contributed by atoms with van der Waals surface area (Å²) >= 11 is 0. The molecule has 1 aromatic carbocycles. The third-order valence-electron chi connectivity index (χ3n) is 4.94. The maximum Gasteiger partial charge on any atom is 0.335 e. The predicted octanol–water partition coefficient (Wildman–Crippen LogP) is 3.66. The third-order valence-corrected chi connectivity index (χ3v) is 4.94. The van der Waals surface area contributed by atoms with E-state index in [0.29, 0.717) is 12.8 Å². The number of carbonyl (C=O) groups is 2. The summed E-state index contributed by atoms with van der Waals surface area (Å²) in [4.78, 5) is 24.1. The van der Waals surface area contributed by atoms with Crippen LogP contribution in [0.15, 0.2) is 36.4 Å². The maximum atomic E-state index is 13.9. The van der Waals surface area contributed by atoms with Gasteiger partial charge in [0.2, 0.25) is 0 Å². The largest absolute Gasteiger partial charge is 0.478 e. The van der Waals surface area contributed by atoms with E-state index in [1.165, 1.54) is 24.3 Å². The van der Waals surface area contributed by atoms with E-state index < -0.39 is 36.4 Å². The minimum absolute atomic E-state index is 0.0990. The normalized spacial score (nSPS) is 20.1. The zero-order valence-electron chi connectivity index (χ0n) is 16.0. The van der Waals surface area contributed by atoms with Gasteiger partial charge in [0.1, 0.15) is 0 Å². The average Bonchev–Trinajstić information content (AvgIpc) is 2.87. The zero-order chi connectivity index (χ0) is 20.7. The number of aliphatic hydroxyl groups is 1. The van der Waals surface area contributed by atoms with Crippen LogP contribution < -0.4 is 0 Å². The fraction of sp³-hybridized carbons (Fsp3) is 0.524. The predicted molar refractivity (Wildman–Crippen MR) is 101 cm³/mol. The van der Waals surface area contributed by atoms with Gasteiger partial charge >= 0.3 is 11.9 Å². The molecule has 7 heteroatoms. The number of carboxylic acids is 1. The lowest BCUT2D eigenvalue weighted by molar-refractivity contribution is -0.148. The molecule has 2 unspecified atom stereocenters. The van der Waals surface area contributed by atoms with Crippen molar-refractivity contribution in [2.75, 3.05) is 6.54 Å². The van der Waals surface area contributed by atoms with Crippen molar-refractivity contribution in [3.05, 3.63) is 47.5 Å². The lowest BCUT2D eigenvalue weighted by atomic mass is 10.1. The SMILES string of the molecule is CCCCCC(O)C=CC1CC(F)(F)C(=O)N1CCc1ccc(C(=O)O)cc1. The van der Waals surface area contributed by atoms with Gasteiger partial charge in [-0.25, -0.2) is 4.79 Å². The number of alkyl halides is 2. The Morgan fingerprint density at radius 3 is 2.61 bits per heavy atom. The number of unbranched alkanes of at least 4 members (excludes halogenated alkanes) is 2. The van der Waals surface area contributed by atoms with Gasteiger partial charge in [-0.15, -0.1) is 0 Å². The Kier molecular flexibility index (Phi) is 7.69. The number of carbonyl (C=O) groups excluding carboxylic acids is 1. The lowest BCUT2D eigenvalue weighted by Gasteiger charge is -2.22. The summed E-state index contributed by atoms with van der Waals surface area (Å²) in [7, 11) is 0. The molecule has 2 atom stereocenters. The molecule has 5 nitrogen and oxygen atoms in total. The van der Waals surface area contributed by atoms with Crippen LogP contribution in [-0.2, 0) is 11.2 Å². The van der Waals surface area contributed by atoms with E-state index in [1.807, 2.05) is 0 Å². The molecule has 1 heterocycles. The number of likely N-dealkylation sites (tertiary alicyclic amines) is 1. The lowest BCUT2D eigenvalue weighted by Crippen LogP contribution is -2.37. The van der Waals surface area contributed by atoms with Gasteiger partial charge in [0.25, 0.3) is 5.91 Å². The highest BCUT2D eigenvalue weighted by Crippen LogP contribution is 2.34. The second kappa shape index (κ2) is 9.78. The molecule has 2 rings (SSSR count). The molecule has 1 fully saturated rings. The van der Waals surface area contributed by atoms with Crippen LogP contribution in [0.5, 0.6) is 0 Å². The standard InChI is InChI=1S/C21H27F2NO4/c1-2-3-4-5-18(25)11-10-17-14-21(22,23)20(28)24(17)13-12-15-6-8-16(9-7-15)19(26)27/h6-11,17-18,25H,2-5,12-14H2,1H3,(H,26,27). The Morgan fingerprint density at radius 2 is 2.00 bits per heavy atom. The second-order valence-corrected chi connectivity index (χ2v) is 7.17. The van der Waals surface area contributed by atoms with Crippen LogP contribution >= 0.6 is 0 Å². The van der Waals surface area contributed by atoms with Crippen LogP contribution in [0.1, 0.15) is 54.9 Å². The van der Waals surface area contributed by atoms with Crippen molar-refractivity contribution in [1.82, 2.24) is 4.90 Å². The van der Waals surface area contributed by atoms with Crippen LogP contribution in [0, 0.1) is 0 Å². The summed E-state index contributed by atoms with van der Waals surface area (Å²) in [6.07, 6.45) is 5.49. The number of amides is 1. The number of carboxylic acid groups (broad SMARTS) is 1. The van der Waals surface area contributed by atoms with E-state index in [1.54, 1.807) is 12.1 Å². The van der Waals surface area contributed by atoms with Crippen molar-refractivity contribution in [1.29, 1.82) is 0 Å². The van der Waals surface area contributed by atoms with Gasteiger partial charge in [-0.2, -0.15) is 8.78 Å². The van der Waals surface area contributed by atoms with E-state index >= 15 is 0 Å². The average molecular weight is 395 g/mol. The summed E-state index contributed by atoms with van der Waals surface area (Å²) in [5.74, 6) is -5.65. The molecule has 2 N–H and O–H groups in total. The van der Waals surface area contributed by atoms with E-state index in [0.717, 1.165) is 29.7 Å². The van der Waals surface area contributed by atoms with Gasteiger partial charge in [-0.05, 0) is 30.5 Å². The molecular formula is C21H27F2NO4. The fourth-order valence-electron chi connectivity index (χ4n) is 3.28. The zero-order valence-corrected chi connectivity index (χ0v) is 16.0. The summed E-state index contributed by atoms with van der Waals surface area (Å²) in [5, 5.41) is 18.9. The van der Waals surface area contributed by atoms with Gasteiger partial charge in [0, 0.05) is 13.0 Å². The number of halogens is 2. The Hall–Kier alpha value is -2.28. The number of rotatable bonds is 10. The first kappa shape index (κ1) is 22.0. The summed E-state index contributed by atoms with van der Waals surface area (Å²) in [6, 6.07) is 5.36. The van der Waals surface area contributed by atoms with Gasteiger partial charge < -0.3 is 15.1 Å². The molecule has 1 saturated heterocycles. The van der Waals surface area contributed by atoms with Crippen LogP contribution in [0.25, 0.3) is 0 Å². The number of hydrogen-bond acceptors (Lipinski definition) is 3. The molecule has 1 aliphatic rings. The molecule has 0 spiro atoms. The molecule has 1 aliphatic heterocycles. The third kappa shape index (κ3) is 5.86. The second-order valence-electron chi connectivity index (χ2n) is 7.17. The first-order valence-electron chi connectivity index (χ1n) is 9.62. The van der Waals surface area contributed by atoms with E-state index in [9.17, 15) is 23.5 Å². The van der Waals surface area contributed by atoms with Crippen molar-refractivity contribution >= 4 is 11.9 Å². The van der Waals surface area contributed by atoms with Crippen LogP contribution in [0.2, 0.25) is 0 Å². The summed E-state index contributed by atoms with van der Waals surface area (Å²) < 4.78 is 27.9. The molecule has 0 aromatic heterocycles. The van der Waals surface area contributed by atoms with E-state index in [2.05, 4.69) is 6.92 Å². The number of aromatic carboxylic acids is 1. The molecular weight excluding hydrogens is 368 g/mol. The van der Waals surface area contributed by atoms with Crippen molar-refractivity contribution < 1.29 is 28.6 Å². The van der Waals surface area contributed by atoms with Gasteiger partial charge in [-0.1, -0.05) is 50.5 Å². The number of hydrogen-bond donors (Lipinski definition) is 2. The Morgan fingerprint density at radius 1 is 1.32 bits per heavy atom. The molecule has 0 aliphatic carbocycles. The number of nitrogens with zero attached hydrogens (tertiary/aromatic N) is 1. The molecule has 0 radical (unpaired) electrons. The first-order chi connectivity index (χ1) is 13.2. The Labute approximate surface area is 163 Å². The molecule has 1 amide bonds. The van der Waals surface area contributed by atoms with Crippen LogP contribution in [-0.4, -0.2) is 51.6 Å².